The molecule has 5 aromatic rings. The molecule has 0 aromatic heterocycles. The number of anilines is 5. The Morgan fingerprint density at radius 2 is 1.60 bits per heavy atom. The van der Waals surface area contributed by atoms with Crippen molar-refractivity contribution in [2.75, 3.05) is 85.2 Å². The lowest BCUT2D eigenvalue weighted by atomic mass is 10.1. The second-order valence-corrected chi connectivity index (χ2v) is 17.3. The van der Waals surface area contributed by atoms with E-state index in [-0.39, 0.29) is 16.7 Å². The van der Waals surface area contributed by atoms with Crippen LogP contribution in [0.1, 0.15) is 12.0 Å². The van der Waals surface area contributed by atoms with Crippen LogP contribution in [0.5, 0.6) is 0 Å². The molecule has 0 saturated carbocycles. The fourth-order valence-electron chi connectivity index (χ4n) is 6.62. The van der Waals surface area contributed by atoms with Crippen molar-refractivity contribution in [1.29, 1.82) is 5.41 Å². The first-order valence-corrected chi connectivity index (χ1v) is 21.7. The van der Waals surface area contributed by atoms with Crippen LogP contribution < -0.4 is 30.8 Å². The molecular weight excluding hydrogens is 787 g/mol. The fourth-order valence-corrected chi connectivity index (χ4v) is 9.00. The third-order valence-corrected chi connectivity index (χ3v) is 12.7. The Kier molecular flexibility index (Phi) is 15.4. The Morgan fingerprint density at radius 1 is 0.914 bits per heavy atom. The molecular formula is C44H50ClN8O3PS. The zero-order chi connectivity index (χ0) is 40.9. The Bertz CT molecular complexity index is 2140. The van der Waals surface area contributed by atoms with Gasteiger partial charge < -0.3 is 40.4 Å². The van der Waals surface area contributed by atoms with Crippen LogP contribution in [-0.2, 0) is 4.52 Å². The monoisotopic (exact) mass is 836 g/mol. The Hall–Kier alpha value is -5.10. The summed E-state index contributed by atoms with van der Waals surface area (Å²) in [6, 6.07) is 39.8. The van der Waals surface area contributed by atoms with Gasteiger partial charge in [-0.05, 0) is 118 Å². The standard InChI is InChI=1S/C44H50ClN8O3PS/c1-50(2)25-23-37(32-58-41-10-5-4-6-11-41)48-43-21-20-40(31-44(43)53(54)55)57(56-3)49-36-16-18-38(19-17-36)51-26-28-52(29-27-51)39-9-7-8-33(30-39)42(22-24-46)47-35-14-12-34(45)13-15-35/h4-22,24,30-31,37,46-49H,23,25-29,32H2,1-3H3/b42-22-,46-24?/t37-,57?/m0/s1. The number of nitro benzene ring substituents is 1. The minimum Gasteiger partial charge on any atom is -0.376 e. The highest BCUT2D eigenvalue weighted by Gasteiger charge is 2.23. The molecule has 1 fully saturated rings. The number of nitro groups is 1. The van der Waals surface area contributed by atoms with Crippen molar-refractivity contribution in [1.82, 2.24) is 4.90 Å². The highest BCUT2D eigenvalue weighted by molar-refractivity contribution is 7.99. The maximum absolute atomic E-state index is 12.4. The fraction of sp³-hybridized carbons (Fsp3) is 0.250. The predicted octanol–water partition coefficient (Wildman–Crippen LogP) is 9.90. The number of nitrogens with one attached hydrogen (secondary N) is 4. The number of halogens is 1. The van der Waals surface area contributed by atoms with Gasteiger partial charge in [0.05, 0.1) is 4.92 Å². The van der Waals surface area contributed by atoms with Gasteiger partial charge in [-0.15, -0.1) is 11.8 Å². The van der Waals surface area contributed by atoms with E-state index in [1.54, 1.807) is 31.0 Å². The van der Waals surface area contributed by atoms with Crippen molar-refractivity contribution < 1.29 is 9.45 Å². The molecule has 6 rings (SSSR count). The van der Waals surface area contributed by atoms with E-state index < -0.39 is 8.30 Å². The summed E-state index contributed by atoms with van der Waals surface area (Å²) in [4.78, 5) is 20.1. The maximum atomic E-state index is 12.4. The summed E-state index contributed by atoms with van der Waals surface area (Å²) in [5.41, 5.74) is 6.41. The number of hydrogen-bond donors (Lipinski definition) is 4. The van der Waals surface area contributed by atoms with Crippen LogP contribution in [0, 0.1) is 15.5 Å². The molecule has 4 N–H and O–H groups in total. The van der Waals surface area contributed by atoms with Crippen molar-refractivity contribution >= 4 is 83.0 Å². The van der Waals surface area contributed by atoms with Gasteiger partial charge in [-0.1, -0.05) is 41.9 Å². The quantitative estimate of drug-likeness (QED) is 0.0210. The van der Waals surface area contributed by atoms with E-state index in [0.29, 0.717) is 10.7 Å². The summed E-state index contributed by atoms with van der Waals surface area (Å²) >= 11 is 7.82. The molecule has 1 saturated heterocycles. The van der Waals surface area contributed by atoms with Crippen molar-refractivity contribution in [3.05, 3.63) is 148 Å². The highest BCUT2D eigenvalue weighted by Crippen LogP contribution is 2.39. The van der Waals surface area contributed by atoms with Crippen LogP contribution in [0.15, 0.2) is 132 Å². The van der Waals surface area contributed by atoms with Crippen LogP contribution in [0.3, 0.4) is 0 Å². The third-order valence-electron chi connectivity index (χ3n) is 9.71. The summed E-state index contributed by atoms with van der Waals surface area (Å²) in [5.74, 6) is 0.776. The summed E-state index contributed by atoms with van der Waals surface area (Å²) < 4.78 is 5.88. The van der Waals surface area contributed by atoms with Gasteiger partial charge in [0.1, 0.15) is 5.69 Å². The molecule has 302 valence electrons. The number of allylic oxidation sites excluding steroid dienone is 1. The number of hydrogen-bond acceptors (Lipinski definition) is 11. The van der Waals surface area contributed by atoms with Gasteiger partial charge >= 0.3 is 0 Å². The molecule has 5 aromatic carbocycles. The van der Waals surface area contributed by atoms with Gasteiger partial charge in [-0.25, -0.2) is 0 Å². The number of piperazine rings is 1. The second kappa shape index (κ2) is 21.1. The van der Waals surface area contributed by atoms with Crippen LogP contribution in [-0.4, -0.2) is 81.8 Å². The SMILES string of the molecule is COP(Nc1ccc(N2CCN(c3cccc(/C(=C/C=N)Nc4ccc(Cl)cc4)c3)CC2)cc1)c1ccc(N[C@@H](CCN(C)C)CSc2ccccc2)c([N+](=O)[O-])c1. The molecule has 0 aliphatic carbocycles. The molecule has 0 spiro atoms. The summed E-state index contributed by atoms with van der Waals surface area (Å²) in [5, 5.41) is 31.9. The zero-order valence-corrected chi connectivity index (χ0v) is 35.4. The van der Waals surface area contributed by atoms with Crippen molar-refractivity contribution in [3.8, 4) is 0 Å². The van der Waals surface area contributed by atoms with E-state index in [1.165, 1.54) is 11.1 Å². The smallest absolute Gasteiger partial charge is 0.293 e. The minimum absolute atomic E-state index is 0.0301. The molecule has 1 aliphatic heterocycles. The average Bonchev–Trinajstić information content (AvgIpc) is 3.25. The first kappa shape index (κ1) is 42.5. The van der Waals surface area contributed by atoms with Gasteiger partial charge in [0.2, 0.25) is 0 Å². The highest BCUT2D eigenvalue weighted by atomic mass is 35.5. The van der Waals surface area contributed by atoms with Crippen molar-refractivity contribution in [2.45, 2.75) is 17.4 Å². The molecule has 58 heavy (non-hydrogen) atoms. The van der Waals surface area contributed by atoms with Gasteiger partial charge in [-0.3, -0.25) is 10.1 Å². The Balaban J connectivity index is 1.06. The van der Waals surface area contributed by atoms with Gasteiger partial charge in [-0.2, -0.15) is 0 Å². The number of benzene rings is 5. The van der Waals surface area contributed by atoms with E-state index in [9.17, 15) is 10.1 Å². The number of nitrogens with zero attached hydrogens (tertiary/aromatic N) is 4. The topological polar surface area (TPSA) is 122 Å². The lowest BCUT2D eigenvalue weighted by Gasteiger charge is -2.37. The van der Waals surface area contributed by atoms with E-state index in [0.717, 1.165) is 84.2 Å². The van der Waals surface area contributed by atoms with Crippen LogP contribution in [0.2, 0.25) is 5.02 Å². The summed E-state index contributed by atoms with van der Waals surface area (Å²) in [6.45, 7) is 4.30. The van der Waals surface area contributed by atoms with E-state index in [4.69, 9.17) is 21.5 Å². The molecule has 14 heteroatoms. The molecule has 0 radical (unpaired) electrons. The average molecular weight is 837 g/mol. The predicted molar refractivity (Wildman–Crippen MR) is 247 cm³/mol. The molecule has 1 heterocycles. The Labute approximate surface area is 352 Å². The first-order chi connectivity index (χ1) is 28.2. The molecule has 0 bridgehead atoms. The zero-order valence-electron chi connectivity index (χ0n) is 33.0. The van der Waals surface area contributed by atoms with E-state index >= 15 is 0 Å². The van der Waals surface area contributed by atoms with Gasteiger partial charge in [0.25, 0.3) is 5.69 Å². The number of rotatable bonds is 19. The van der Waals surface area contributed by atoms with Crippen molar-refractivity contribution in [2.24, 2.45) is 0 Å². The molecule has 2 atom stereocenters. The van der Waals surface area contributed by atoms with E-state index in [2.05, 4.69) is 72.9 Å². The van der Waals surface area contributed by atoms with E-state index in [1.807, 2.05) is 86.9 Å². The summed E-state index contributed by atoms with van der Waals surface area (Å²) in [7, 11) is 4.32. The number of thioether (sulfide) groups is 1. The third kappa shape index (κ3) is 12.0. The van der Waals surface area contributed by atoms with Crippen LogP contribution >= 0.6 is 31.7 Å². The van der Waals surface area contributed by atoms with Gasteiger partial charge in [0.15, 0.2) is 8.30 Å². The molecule has 11 nitrogen and oxygen atoms in total. The lowest BCUT2D eigenvalue weighted by Crippen LogP contribution is -2.46. The van der Waals surface area contributed by atoms with Crippen molar-refractivity contribution in [3.63, 3.8) is 0 Å². The van der Waals surface area contributed by atoms with Crippen LogP contribution in [0.25, 0.3) is 5.70 Å². The minimum atomic E-state index is -1.38. The second-order valence-electron chi connectivity index (χ2n) is 14.1. The molecule has 0 amide bonds. The Morgan fingerprint density at radius 3 is 2.26 bits per heavy atom. The largest absolute Gasteiger partial charge is 0.376 e. The normalized spacial score (nSPS) is 14.2. The summed E-state index contributed by atoms with van der Waals surface area (Å²) in [6.07, 6.45) is 3.89. The maximum Gasteiger partial charge on any atom is 0.293 e. The lowest BCUT2D eigenvalue weighted by molar-refractivity contribution is -0.383. The first-order valence-electron chi connectivity index (χ1n) is 19.1. The van der Waals surface area contributed by atoms with Gasteiger partial charge in [0, 0.05) is 107 Å². The molecule has 1 unspecified atom stereocenters. The molecule has 1 aliphatic rings. The van der Waals surface area contributed by atoms with Crippen LogP contribution in [0.4, 0.5) is 34.1 Å².